The van der Waals surface area contributed by atoms with E-state index in [1.54, 1.807) is 0 Å². The highest BCUT2D eigenvalue weighted by Gasteiger charge is 2.06. The number of nitrogens with one attached hydrogen (secondary N) is 1. The molecule has 0 radical (unpaired) electrons. The molecule has 1 aliphatic heterocycles. The van der Waals surface area contributed by atoms with E-state index < -0.39 is 0 Å². The third-order valence-electron chi connectivity index (χ3n) is 2.07. The maximum Gasteiger partial charge on any atom is 0.0314 e. The van der Waals surface area contributed by atoms with Gasteiger partial charge in [0.2, 0.25) is 0 Å². The second-order valence-electron chi connectivity index (χ2n) is 3.18. The van der Waals surface area contributed by atoms with E-state index in [4.69, 9.17) is 0 Å². The molecule has 0 spiro atoms. The van der Waals surface area contributed by atoms with Crippen LogP contribution < -0.4 is 5.32 Å². The lowest BCUT2D eigenvalue weighted by molar-refractivity contribution is 0.740. The van der Waals surface area contributed by atoms with E-state index in [1.807, 2.05) is 11.3 Å². The summed E-state index contributed by atoms with van der Waals surface area (Å²) >= 11 is 1.85. The number of hydrogen-bond acceptors (Lipinski definition) is 2. The zero-order valence-corrected chi connectivity index (χ0v) is 8.08. The van der Waals surface area contributed by atoms with Crippen molar-refractivity contribution in [3.05, 3.63) is 28.0 Å². The Hall–Kier alpha value is -0.600. The molecule has 1 aromatic heterocycles. The fraction of sp³-hybridized carbons (Fsp3) is 0.400. The molecule has 0 unspecified atom stereocenters. The molecule has 64 valence electrons. The van der Waals surface area contributed by atoms with Gasteiger partial charge in [-0.1, -0.05) is 6.08 Å². The molecule has 0 aliphatic carbocycles. The topological polar surface area (TPSA) is 12.0 Å². The first-order valence-corrected chi connectivity index (χ1v) is 5.19. The highest BCUT2D eigenvalue weighted by molar-refractivity contribution is 7.11. The molecule has 0 saturated heterocycles. The van der Waals surface area contributed by atoms with Crippen molar-refractivity contribution in [1.82, 2.24) is 5.32 Å². The first kappa shape index (κ1) is 8.02. The Morgan fingerprint density at radius 3 is 3.00 bits per heavy atom. The Morgan fingerprint density at radius 1 is 1.50 bits per heavy atom. The average Bonchev–Trinajstić information content (AvgIpc) is 2.54. The molecule has 1 aliphatic rings. The van der Waals surface area contributed by atoms with Crippen molar-refractivity contribution in [3.63, 3.8) is 0 Å². The lowest BCUT2D eigenvalue weighted by Gasteiger charge is -2.12. The predicted molar refractivity (Wildman–Crippen MR) is 54.5 cm³/mol. The van der Waals surface area contributed by atoms with Crippen molar-refractivity contribution in [1.29, 1.82) is 0 Å². The maximum absolute atomic E-state index is 3.38. The molecule has 0 aromatic carbocycles. The molecule has 0 amide bonds. The van der Waals surface area contributed by atoms with Crippen molar-refractivity contribution in [2.45, 2.75) is 13.3 Å². The number of hydrogen-bond donors (Lipinski definition) is 1. The van der Waals surface area contributed by atoms with Crippen molar-refractivity contribution in [2.24, 2.45) is 0 Å². The van der Waals surface area contributed by atoms with Crippen LogP contribution in [0.25, 0.3) is 5.57 Å². The summed E-state index contributed by atoms with van der Waals surface area (Å²) in [5, 5.41) is 5.59. The summed E-state index contributed by atoms with van der Waals surface area (Å²) in [5.41, 5.74) is 2.85. The van der Waals surface area contributed by atoms with Gasteiger partial charge in [-0.15, -0.1) is 11.3 Å². The molecule has 2 heteroatoms. The number of thiophene rings is 1. The summed E-state index contributed by atoms with van der Waals surface area (Å²) in [5.74, 6) is 0. The van der Waals surface area contributed by atoms with Crippen LogP contribution in [0.4, 0.5) is 0 Å². The zero-order chi connectivity index (χ0) is 8.39. The van der Waals surface area contributed by atoms with Gasteiger partial charge in [0.1, 0.15) is 0 Å². The lowest BCUT2D eigenvalue weighted by atomic mass is 10.1. The maximum atomic E-state index is 3.38. The summed E-state index contributed by atoms with van der Waals surface area (Å²) in [6.45, 7) is 4.32. The summed E-state index contributed by atoms with van der Waals surface area (Å²) in [6.07, 6.45) is 3.52. The van der Waals surface area contributed by atoms with Gasteiger partial charge in [-0.25, -0.2) is 0 Å². The van der Waals surface area contributed by atoms with E-state index in [9.17, 15) is 0 Å². The predicted octanol–water partition coefficient (Wildman–Crippen LogP) is 2.43. The molecule has 0 atom stereocenters. The van der Waals surface area contributed by atoms with Crippen LogP contribution in [0.5, 0.6) is 0 Å². The van der Waals surface area contributed by atoms with Gasteiger partial charge >= 0.3 is 0 Å². The lowest BCUT2D eigenvalue weighted by Crippen LogP contribution is -2.20. The van der Waals surface area contributed by atoms with Gasteiger partial charge in [0.15, 0.2) is 0 Å². The van der Waals surface area contributed by atoms with Gasteiger partial charge in [0.25, 0.3) is 0 Å². The third-order valence-corrected chi connectivity index (χ3v) is 3.20. The fourth-order valence-corrected chi connectivity index (χ4v) is 2.37. The summed E-state index contributed by atoms with van der Waals surface area (Å²) in [7, 11) is 0. The minimum Gasteiger partial charge on any atom is -0.312 e. The van der Waals surface area contributed by atoms with Gasteiger partial charge in [0, 0.05) is 11.4 Å². The largest absolute Gasteiger partial charge is 0.312 e. The molecule has 2 rings (SSSR count). The Kier molecular flexibility index (Phi) is 2.28. The first-order chi connectivity index (χ1) is 5.86. The molecule has 1 N–H and O–H groups in total. The summed E-state index contributed by atoms with van der Waals surface area (Å²) < 4.78 is 0. The minimum absolute atomic E-state index is 1.04. The standard InChI is InChI=1S/C10H13NS/c1-8-5-10(12-7-8)9-3-2-4-11-6-9/h3,5,7,11H,2,4,6H2,1H3. The third kappa shape index (κ3) is 1.59. The van der Waals surface area contributed by atoms with Gasteiger partial charge in [-0.2, -0.15) is 0 Å². The zero-order valence-electron chi connectivity index (χ0n) is 7.26. The Morgan fingerprint density at radius 2 is 2.42 bits per heavy atom. The fourth-order valence-electron chi connectivity index (χ4n) is 1.43. The highest BCUT2D eigenvalue weighted by atomic mass is 32.1. The van der Waals surface area contributed by atoms with Gasteiger partial charge < -0.3 is 5.32 Å². The molecular weight excluding hydrogens is 166 g/mol. The quantitative estimate of drug-likeness (QED) is 0.698. The van der Waals surface area contributed by atoms with Crippen molar-refractivity contribution in [2.75, 3.05) is 13.1 Å². The van der Waals surface area contributed by atoms with Crippen LogP contribution in [0, 0.1) is 6.92 Å². The summed E-state index contributed by atoms with van der Waals surface area (Å²) in [6, 6.07) is 2.27. The van der Waals surface area contributed by atoms with E-state index in [0.29, 0.717) is 0 Å². The van der Waals surface area contributed by atoms with Crippen LogP contribution in [0.2, 0.25) is 0 Å². The Bertz CT molecular complexity index is 299. The van der Waals surface area contributed by atoms with E-state index in [2.05, 4.69) is 29.8 Å². The molecule has 1 aromatic rings. The van der Waals surface area contributed by atoms with Crippen LogP contribution in [-0.4, -0.2) is 13.1 Å². The van der Waals surface area contributed by atoms with Crippen LogP contribution >= 0.6 is 11.3 Å². The molecule has 0 bridgehead atoms. The SMILES string of the molecule is Cc1csc(C2=CCCNC2)c1. The smallest absolute Gasteiger partial charge is 0.0314 e. The molecule has 1 nitrogen and oxygen atoms in total. The first-order valence-electron chi connectivity index (χ1n) is 4.31. The molecular formula is C10H13NS. The van der Waals surface area contributed by atoms with E-state index in [1.165, 1.54) is 22.4 Å². The second kappa shape index (κ2) is 3.42. The molecule has 2 heterocycles. The monoisotopic (exact) mass is 179 g/mol. The van der Waals surface area contributed by atoms with Crippen LogP contribution in [-0.2, 0) is 0 Å². The van der Waals surface area contributed by atoms with Crippen LogP contribution in [0.1, 0.15) is 16.9 Å². The van der Waals surface area contributed by atoms with Crippen molar-refractivity contribution in [3.8, 4) is 0 Å². The van der Waals surface area contributed by atoms with Gasteiger partial charge in [0.05, 0.1) is 0 Å². The molecule has 0 saturated carbocycles. The minimum atomic E-state index is 1.04. The molecule has 0 fully saturated rings. The second-order valence-corrected chi connectivity index (χ2v) is 4.09. The molecule has 12 heavy (non-hydrogen) atoms. The normalized spacial score (nSPS) is 17.6. The number of aryl methyl sites for hydroxylation is 1. The van der Waals surface area contributed by atoms with Gasteiger partial charge in [-0.3, -0.25) is 0 Å². The van der Waals surface area contributed by atoms with Crippen molar-refractivity contribution < 1.29 is 0 Å². The highest BCUT2D eigenvalue weighted by Crippen LogP contribution is 2.23. The van der Waals surface area contributed by atoms with Crippen molar-refractivity contribution >= 4 is 16.9 Å². The summed E-state index contributed by atoms with van der Waals surface area (Å²) in [4.78, 5) is 1.43. The van der Waals surface area contributed by atoms with Crippen LogP contribution in [0.15, 0.2) is 17.5 Å². The van der Waals surface area contributed by atoms with Gasteiger partial charge in [-0.05, 0) is 42.5 Å². The van der Waals surface area contributed by atoms with E-state index >= 15 is 0 Å². The Labute approximate surface area is 77.1 Å². The average molecular weight is 179 g/mol. The van der Waals surface area contributed by atoms with E-state index in [-0.39, 0.29) is 0 Å². The van der Waals surface area contributed by atoms with E-state index in [0.717, 1.165) is 13.1 Å². The van der Waals surface area contributed by atoms with Crippen LogP contribution in [0.3, 0.4) is 0 Å². The number of rotatable bonds is 1. The Balaban J connectivity index is 2.23.